The molecule has 12 nitrogen and oxygen atoms in total. The predicted octanol–water partition coefficient (Wildman–Crippen LogP) is 0.570. The molecule has 0 unspecified atom stereocenters. The quantitative estimate of drug-likeness (QED) is 0.210. The number of methoxy groups -OCH3 is 1. The standard InChI is InChI=1S/C27H43N5O7S2/c1-16-22-21(17(2)33)25(35)32(22)23(26(36)37)24(16)41-19-13-18(28-14-19)15-40-12-5-20(34)29(3)27(38)31-8-6-30(7-9-31)10-11-39-4/h16-19,21-22,28,33H,5-15H2,1-4H3,(H,36,37)/t16-,17-,18+,19+,21-,22-/m1/s1. The van der Waals surface area contributed by atoms with E-state index in [9.17, 15) is 29.4 Å². The number of aliphatic carboxylic acids is 1. The zero-order chi connectivity index (χ0) is 29.8. The molecule has 0 aromatic rings. The van der Waals surface area contributed by atoms with E-state index in [1.807, 2.05) is 6.92 Å². The van der Waals surface area contributed by atoms with Crippen LogP contribution in [0.2, 0.25) is 0 Å². The van der Waals surface area contributed by atoms with Crippen LogP contribution in [0.1, 0.15) is 26.7 Å². The lowest BCUT2D eigenvalue weighted by atomic mass is 9.79. The smallest absolute Gasteiger partial charge is 0.353 e. The van der Waals surface area contributed by atoms with Crippen LogP contribution in [0.25, 0.3) is 0 Å². The van der Waals surface area contributed by atoms with E-state index in [1.54, 1.807) is 37.7 Å². The molecule has 4 rings (SSSR count). The molecule has 3 N–H and O–H groups in total. The number of aliphatic hydroxyl groups excluding tert-OH is 1. The first-order chi connectivity index (χ1) is 19.5. The largest absolute Gasteiger partial charge is 0.477 e. The van der Waals surface area contributed by atoms with Crippen LogP contribution in [0.15, 0.2) is 10.6 Å². The molecule has 3 saturated heterocycles. The molecule has 0 spiro atoms. The average Bonchev–Trinajstić information content (AvgIpc) is 3.49. The molecule has 3 fully saturated rings. The first-order valence-electron chi connectivity index (χ1n) is 14.3. The highest BCUT2D eigenvalue weighted by Crippen LogP contribution is 2.51. The molecular weight excluding hydrogens is 570 g/mol. The third-order valence-electron chi connectivity index (χ3n) is 8.48. The van der Waals surface area contributed by atoms with Crippen molar-refractivity contribution in [2.75, 3.05) is 71.5 Å². The highest BCUT2D eigenvalue weighted by Gasteiger charge is 2.60. The number of nitrogens with zero attached hydrogens (tertiary/aromatic N) is 4. The second-order valence-corrected chi connectivity index (χ2v) is 13.7. The summed E-state index contributed by atoms with van der Waals surface area (Å²) in [5, 5.41) is 23.6. The van der Waals surface area contributed by atoms with Crippen molar-refractivity contribution in [3.8, 4) is 0 Å². The Morgan fingerprint density at radius 1 is 1.22 bits per heavy atom. The van der Waals surface area contributed by atoms with Crippen molar-refractivity contribution >= 4 is 47.3 Å². The maximum atomic E-state index is 12.8. The van der Waals surface area contributed by atoms with E-state index in [4.69, 9.17) is 4.74 Å². The Bertz CT molecular complexity index is 1040. The Hall–Kier alpha value is -1.84. The maximum Gasteiger partial charge on any atom is 0.353 e. The SMILES string of the molecule is COCCN1CCN(C(=O)N(C)C(=O)CCSC[C@@H]2C[C@H](SC3=C(C(=O)O)N4C(=O)[C@H]([C@@H](C)O)[C@H]4[C@H]3C)CN2)CC1. The number of hydrogen-bond donors (Lipinski definition) is 3. The fraction of sp³-hybridized carbons (Fsp3) is 0.778. The van der Waals surface area contributed by atoms with Crippen LogP contribution >= 0.6 is 23.5 Å². The highest BCUT2D eigenvalue weighted by molar-refractivity contribution is 8.03. The summed E-state index contributed by atoms with van der Waals surface area (Å²) in [6.07, 6.45) is 0.321. The average molecular weight is 614 g/mol. The molecule has 41 heavy (non-hydrogen) atoms. The van der Waals surface area contributed by atoms with Gasteiger partial charge in [0.05, 0.1) is 24.7 Å². The number of carbonyl (C=O) groups is 4. The number of thioether (sulfide) groups is 2. The number of carboxylic acid groups (broad SMARTS) is 1. The zero-order valence-electron chi connectivity index (χ0n) is 24.3. The van der Waals surface area contributed by atoms with E-state index in [0.717, 1.165) is 38.4 Å². The van der Waals surface area contributed by atoms with E-state index < -0.39 is 18.0 Å². The lowest BCUT2D eigenvalue weighted by Crippen LogP contribution is -2.63. The molecule has 6 atom stereocenters. The summed E-state index contributed by atoms with van der Waals surface area (Å²) in [6, 6.07) is -0.313. The molecule has 4 heterocycles. The van der Waals surface area contributed by atoms with Crippen molar-refractivity contribution in [2.24, 2.45) is 11.8 Å². The Balaban J connectivity index is 1.17. The third kappa shape index (κ3) is 7.04. The van der Waals surface area contributed by atoms with Gasteiger partial charge in [-0.05, 0) is 13.3 Å². The monoisotopic (exact) mass is 613 g/mol. The van der Waals surface area contributed by atoms with Crippen molar-refractivity contribution in [2.45, 2.75) is 50.1 Å². The predicted molar refractivity (Wildman–Crippen MR) is 157 cm³/mol. The van der Waals surface area contributed by atoms with Gasteiger partial charge in [-0.2, -0.15) is 11.8 Å². The van der Waals surface area contributed by atoms with Crippen molar-refractivity contribution in [3.05, 3.63) is 10.6 Å². The topological polar surface area (TPSA) is 143 Å². The minimum absolute atomic E-state index is 0.0670. The molecule has 0 bridgehead atoms. The number of carbonyl (C=O) groups excluding carboxylic acids is 3. The molecule has 230 valence electrons. The Kier molecular flexibility index (Phi) is 11.0. The number of amides is 4. The summed E-state index contributed by atoms with van der Waals surface area (Å²) in [6.45, 7) is 8.49. The summed E-state index contributed by atoms with van der Waals surface area (Å²) in [5.41, 5.74) is 0.0670. The Morgan fingerprint density at radius 3 is 2.56 bits per heavy atom. The highest BCUT2D eigenvalue weighted by atomic mass is 32.2. The van der Waals surface area contributed by atoms with E-state index in [1.165, 1.54) is 21.6 Å². The summed E-state index contributed by atoms with van der Waals surface area (Å²) in [5.74, 6) is -0.875. The Labute approximate surface area is 250 Å². The maximum absolute atomic E-state index is 12.8. The number of imide groups is 1. The second-order valence-electron chi connectivity index (χ2n) is 11.2. The fourth-order valence-electron chi connectivity index (χ4n) is 6.11. The molecule has 0 radical (unpaired) electrons. The molecule has 0 aromatic heterocycles. The number of rotatable bonds is 12. The summed E-state index contributed by atoms with van der Waals surface area (Å²) in [4.78, 5) is 57.4. The van der Waals surface area contributed by atoms with Crippen LogP contribution in [-0.4, -0.2) is 149 Å². The number of β-lactam (4-membered cyclic amide) rings is 1. The van der Waals surface area contributed by atoms with Gasteiger partial charge in [0.1, 0.15) is 5.70 Å². The number of carboxylic acids is 1. The van der Waals surface area contributed by atoms with Crippen LogP contribution in [0.4, 0.5) is 4.79 Å². The van der Waals surface area contributed by atoms with E-state index in [-0.39, 0.29) is 53.2 Å². The van der Waals surface area contributed by atoms with Crippen molar-refractivity contribution in [1.82, 2.24) is 24.9 Å². The van der Waals surface area contributed by atoms with Crippen LogP contribution in [0.3, 0.4) is 0 Å². The number of aliphatic hydroxyl groups is 1. The third-order valence-corrected chi connectivity index (χ3v) is 11.1. The summed E-state index contributed by atoms with van der Waals surface area (Å²) in [7, 11) is 3.23. The van der Waals surface area contributed by atoms with Gasteiger partial charge in [0.15, 0.2) is 0 Å². The first kappa shape index (κ1) is 32.1. The summed E-state index contributed by atoms with van der Waals surface area (Å²) >= 11 is 3.20. The minimum Gasteiger partial charge on any atom is -0.477 e. The first-order valence-corrected chi connectivity index (χ1v) is 16.3. The van der Waals surface area contributed by atoms with Gasteiger partial charge in [0, 0.05) is 93.5 Å². The fourth-order valence-corrected chi connectivity index (χ4v) is 8.65. The number of ether oxygens (including phenoxy) is 1. The number of nitrogens with one attached hydrogen (secondary N) is 1. The van der Waals surface area contributed by atoms with Crippen molar-refractivity contribution < 1.29 is 34.1 Å². The molecular formula is C27H43N5O7S2. The lowest BCUT2D eigenvalue weighted by molar-refractivity contribution is -0.163. The van der Waals surface area contributed by atoms with Gasteiger partial charge in [-0.25, -0.2) is 9.59 Å². The summed E-state index contributed by atoms with van der Waals surface area (Å²) < 4.78 is 5.12. The van der Waals surface area contributed by atoms with Gasteiger partial charge in [-0.15, -0.1) is 11.8 Å². The van der Waals surface area contributed by atoms with Gasteiger partial charge in [0.25, 0.3) is 0 Å². The normalized spacial score (nSPS) is 29.0. The van der Waals surface area contributed by atoms with E-state index in [2.05, 4.69) is 10.2 Å². The van der Waals surface area contributed by atoms with Gasteiger partial charge in [-0.1, -0.05) is 6.92 Å². The van der Waals surface area contributed by atoms with Gasteiger partial charge < -0.3 is 30.1 Å². The molecule has 4 aliphatic heterocycles. The van der Waals surface area contributed by atoms with Gasteiger partial charge in [0.2, 0.25) is 11.8 Å². The molecule has 4 amide bonds. The zero-order valence-corrected chi connectivity index (χ0v) is 25.9. The van der Waals surface area contributed by atoms with E-state index in [0.29, 0.717) is 30.4 Å². The van der Waals surface area contributed by atoms with Crippen LogP contribution in [0.5, 0.6) is 0 Å². The van der Waals surface area contributed by atoms with Crippen molar-refractivity contribution in [1.29, 1.82) is 0 Å². The molecule has 0 saturated carbocycles. The number of hydrogen-bond acceptors (Lipinski definition) is 10. The van der Waals surface area contributed by atoms with Gasteiger partial charge >= 0.3 is 12.0 Å². The van der Waals surface area contributed by atoms with Gasteiger partial charge in [-0.3, -0.25) is 19.4 Å². The van der Waals surface area contributed by atoms with Crippen LogP contribution < -0.4 is 5.32 Å². The molecule has 4 aliphatic rings. The second kappa shape index (κ2) is 14.1. The van der Waals surface area contributed by atoms with Crippen LogP contribution in [-0.2, 0) is 19.1 Å². The number of fused-ring (bicyclic) bond motifs is 1. The van der Waals surface area contributed by atoms with Crippen molar-refractivity contribution in [3.63, 3.8) is 0 Å². The number of piperazine rings is 1. The Morgan fingerprint density at radius 2 is 1.93 bits per heavy atom. The molecule has 14 heteroatoms. The molecule has 0 aliphatic carbocycles. The molecule has 0 aromatic carbocycles. The number of urea groups is 1. The van der Waals surface area contributed by atoms with E-state index >= 15 is 0 Å². The lowest BCUT2D eigenvalue weighted by Gasteiger charge is -2.46. The van der Waals surface area contributed by atoms with Crippen LogP contribution in [0, 0.1) is 11.8 Å². The minimum atomic E-state index is -1.10.